The summed E-state index contributed by atoms with van der Waals surface area (Å²) < 4.78 is 1.65. The summed E-state index contributed by atoms with van der Waals surface area (Å²) in [6.45, 7) is 3.79. The Morgan fingerprint density at radius 3 is 2.56 bits per heavy atom. The van der Waals surface area contributed by atoms with Crippen LogP contribution in [0.4, 0.5) is 0 Å². The molecule has 0 unspecified atom stereocenters. The van der Waals surface area contributed by atoms with Crippen LogP contribution in [0.15, 0.2) is 30.6 Å². The maximum atomic E-state index is 12.1. The molecule has 0 atom stereocenters. The van der Waals surface area contributed by atoms with Crippen LogP contribution in [0.25, 0.3) is 5.78 Å². The fourth-order valence-electron chi connectivity index (χ4n) is 2.79. The van der Waals surface area contributed by atoms with Crippen molar-refractivity contribution < 1.29 is 9.59 Å². The third kappa shape index (κ3) is 4.59. The van der Waals surface area contributed by atoms with E-state index in [1.807, 2.05) is 13.8 Å². The second-order valence-electron chi connectivity index (χ2n) is 6.13. The van der Waals surface area contributed by atoms with E-state index in [-0.39, 0.29) is 24.7 Å². The fourth-order valence-corrected chi connectivity index (χ4v) is 2.92. The van der Waals surface area contributed by atoms with Crippen LogP contribution in [0.3, 0.4) is 0 Å². The van der Waals surface area contributed by atoms with Gasteiger partial charge >= 0.3 is 0 Å². The van der Waals surface area contributed by atoms with Gasteiger partial charge in [-0.25, -0.2) is 9.50 Å². The molecule has 27 heavy (non-hydrogen) atoms. The van der Waals surface area contributed by atoms with Crippen LogP contribution in [0.5, 0.6) is 0 Å². The van der Waals surface area contributed by atoms with Gasteiger partial charge in [-0.05, 0) is 43.5 Å². The number of benzene rings is 1. The molecule has 0 saturated heterocycles. The van der Waals surface area contributed by atoms with Crippen molar-refractivity contribution in [2.75, 3.05) is 0 Å². The van der Waals surface area contributed by atoms with Crippen molar-refractivity contribution in [1.29, 1.82) is 0 Å². The Morgan fingerprint density at radius 1 is 1.11 bits per heavy atom. The molecule has 0 radical (unpaired) electrons. The molecule has 9 heteroatoms. The van der Waals surface area contributed by atoms with Crippen LogP contribution in [-0.2, 0) is 22.4 Å². The normalized spacial score (nSPS) is 10.8. The van der Waals surface area contributed by atoms with Crippen LogP contribution in [0.1, 0.15) is 28.9 Å². The molecule has 2 heterocycles. The monoisotopic (exact) mass is 386 g/mol. The van der Waals surface area contributed by atoms with Gasteiger partial charge in [-0.15, -0.1) is 0 Å². The summed E-state index contributed by atoms with van der Waals surface area (Å²) in [7, 11) is 0. The number of rotatable bonds is 5. The van der Waals surface area contributed by atoms with Crippen molar-refractivity contribution in [3.05, 3.63) is 58.1 Å². The van der Waals surface area contributed by atoms with E-state index in [1.54, 1.807) is 28.8 Å². The molecule has 0 aliphatic carbocycles. The Balaban J connectivity index is 1.51. The first-order valence-corrected chi connectivity index (χ1v) is 8.80. The molecule has 0 aliphatic heterocycles. The average Bonchev–Trinajstić information content (AvgIpc) is 3.10. The first kappa shape index (κ1) is 18.8. The van der Waals surface area contributed by atoms with E-state index in [1.165, 1.54) is 6.33 Å². The molecule has 0 spiro atoms. The fraction of sp³-hybridized carbons (Fsp3) is 0.278. The molecule has 1 aromatic carbocycles. The minimum absolute atomic E-state index is 0.155. The smallest absolute Gasteiger partial charge is 0.252 e. The zero-order valence-corrected chi connectivity index (χ0v) is 15.7. The lowest BCUT2D eigenvalue weighted by Crippen LogP contribution is -2.42. The van der Waals surface area contributed by atoms with Crippen molar-refractivity contribution >= 4 is 29.2 Å². The Labute approximate surface area is 160 Å². The maximum Gasteiger partial charge on any atom is 0.252 e. The van der Waals surface area contributed by atoms with E-state index >= 15 is 0 Å². The van der Waals surface area contributed by atoms with Crippen LogP contribution in [0, 0.1) is 13.8 Å². The maximum absolute atomic E-state index is 12.1. The van der Waals surface area contributed by atoms with E-state index in [4.69, 9.17) is 11.6 Å². The van der Waals surface area contributed by atoms with E-state index < -0.39 is 0 Å². The third-order valence-corrected chi connectivity index (χ3v) is 4.46. The minimum Gasteiger partial charge on any atom is -0.273 e. The number of halogens is 1. The summed E-state index contributed by atoms with van der Waals surface area (Å²) in [6, 6.07) is 6.96. The first-order chi connectivity index (χ1) is 12.9. The van der Waals surface area contributed by atoms with Gasteiger partial charge < -0.3 is 0 Å². The molecule has 0 fully saturated rings. The Morgan fingerprint density at radius 2 is 1.81 bits per heavy atom. The van der Waals surface area contributed by atoms with E-state index in [2.05, 4.69) is 25.9 Å². The summed E-state index contributed by atoms with van der Waals surface area (Å²) in [6.07, 6.45) is 2.30. The summed E-state index contributed by atoms with van der Waals surface area (Å²) in [5.41, 5.74) is 8.32. The molecule has 2 amide bonds. The number of hydrogen-bond acceptors (Lipinski definition) is 5. The number of carbonyl (C=O) groups excluding carboxylic acids is 2. The molecule has 3 aromatic rings. The number of aromatic nitrogens is 4. The lowest BCUT2D eigenvalue weighted by Gasteiger charge is -2.11. The highest BCUT2D eigenvalue weighted by atomic mass is 35.5. The molecule has 140 valence electrons. The molecule has 0 bridgehead atoms. The number of nitrogens with one attached hydrogen (secondary N) is 2. The highest BCUT2D eigenvalue weighted by Gasteiger charge is 2.13. The predicted octanol–water partition coefficient (Wildman–Crippen LogP) is 1.72. The zero-order valence-electron chi connectivity index (χ0n) is 15.0. The number of amides is 2. The minimum atomic E-state index is -0.302. The van der Waals surface area contributed by atoms with Gasteiger partial charge in [0.05, 0.1) is 6.42 Å². The third-order valence-electron chi connectivity index (χ3n) is 4.21. The first-order valence-electron chi connectivity index (χ1n) is 8.42. The second kappa shape index (κ2) is 8.13. The molecule has 3 rings (SSSR count). The topological polar surface area (TPSA) is 101 Å². The van der Waals surface area contributed by atoms with Crippen molar-refractivity contribution in [1.82, 2.24) is 30.4 Å². The highest BCUT2D eigenvalue weighted by molar-refractivity contribution is 6.30. The largest absolute Gasteiger partial charge is 0.273 e. The molecule has 2 aromatic heterocycles. The number of hydrazine groups is 1. The van der Waals surface area contributed by atoms with E-state index in [0.29, 0.717) is 17.2 Å². The molecular formula is C18H19ClN6O2. The molecule has 2 N–H and O–H groups in total. The van der Waals surface area contributed by atoms with Crippen LogP contribution >= 0.6 is 11.6 Å². The number of hydrogen-bond donors (Lipinski definition) is 2. The second-order valence-corrected chi connectivity index (χ2v) is 6.57. The van der Waals surface area contributed by atoms with Crippen molar-refractivity contribution in [2.45, 2.75) is 33.1 Å². The van der Waals surface area contributed by atoms with Gasteiger partial charge in [0.15, 0.2) is 0 Å². The van der Waals surface area contributed by atoms with Gasteiger partial charge in [-0.2, -0.15) is 10.1 Å². The number of aryl methyl sites for hydroxylation is 2. The van der Waals surface area contributed by atoms with Gasteiger partial charge in [-0.3, -0.25) is 20.4 Å². The van der Waals surface area contributed by atoms with Crippen molar-refractivity contribution in [3.63, 3.8) is 0 Å². The quantitative estimate of drug-likeness (QED) is 0.650. The number of nitrogens with zero attached hydrogens (tertiary/aromatic N) is 4. The van der Waals surface area contributed by atoms with Crippen LogP contribution < -0.4 is 10.9 Å². The summed E-state index contributed by atoms with van der Waals surface area (Å²) in [4.78, 5) is 32.4. The summed E-state index contributed by atoms with van der Waals surface area (Å²) >= 11 is 5.81. The predicted molar refractivity (Wildman–Crippen MR) is 100 cm³/mol. The van der Waals surface area contributed by atoms with Crippen LogP contribution in [0.2, 0.25) is 5.02 Å². The average molecular weight is 387 g/mol. The molecular weight excluding hydrogens is 368 g/mol. The van der Waals surface area contributed by atoms with Crippen LogP contribution in [-0.4, -0.2) is 31.4 Å². The standard InChI is InChI=1S/C18H19ClN6O2/c1-11-15(12(2)25-18(22-11)20-10-21-25)7-8-16(26)23-24-17(27)9-13-3-5-14(19)6-4-13/h3-6,10H,7-9H2,1-2H3,(H,23,26)(H,24,27). The Kier molecular flexibility index (Phi) is 5.66. The highest BCUT2D eigenvalue weighted by Crippen LogP contribution is 2.14. The molecule has 0 saturated carbocycles. The van der Waals surface area contributed by atoms with Gasteiger partial charge in [0.2, 0.25) is 11.8 Å². The molecule has 8 nitrogen and oxygen atoms in total. The van der Waals surface area contributed by atoms with Gasteiger partial charge in [-0.1, -0.05) is 23.7 Å². The summed E-state index contributed by atoms with van der Waals surface area (Å²) in [5, 5.41) is 4.74. The number of fused-ring (bicyclic) bond motifs is 1. The lowest BCUT2D eigenvalue weighted by molar-refractivity contribution is -0.128. The lowest BCUT2D eigenvalue weighted by atomic mass is 10.1. The summed E-state index contributed by atoms with van der Waals surface area (Å²) in [5.74, 6) is -0.0478. The van der Waals surface area contributed by atoms with E-state index in [0.717, 1.165) is 22.5 Å². The van der Waals surface area contributed by atoms with Gasteiger partial charge in [0, 0.05) is 22.8 Å². The van der Waals surface area contributed by atoms with Crippen molar-refractivity contribution in [2.24, 2.45) is 0 Å². The zero-order chi connectivity index (χ0) is 19.4. The number of carbonyl (C=O) groups is 2. The Bertz CT molecular complexity index is 983. The Hall–Kier alpha value is -3.00. The van der Waals surface area contributed by atoms with Gasteiger partial charge in [0.25, 0.3) is 5.78 Å². The van der Waals surface area contributed by atoms with E-state index in [9.17, 15) is 9.59 Å². The van der Waals surface area contributed by atoms with Crippen molar-refractivity contribution in [3.8, 4) is 0 Å². The SMILES string of the molecule is Cc1nc2ncnn2c(C)c1CCC(=O)NNC(=O)Cc1ccc(Cl)cc1. The molecule has 0 aliphatic rings. The van der Waals surface area contributed by atoms with Gasteiger partial charge in [0.1, 0.15) is 6.33 Å².